The van der Waals surface area contributed by atoms with Crippen molar-refractivity contribution in [3.63, 3.8) is 0 Å². The molecule has 0 unspecified atom stereocenters. The molecular formula is C25H24Cl2N2O5S2. The number of amides is 1. The van der Waals surface area contributed by atoms with Gasteiger partial charge in [-0.25, -0.2) is 13.2 Å². The largest absolute Gasteiger partial charge is 0.462 e. The smallest absolute Gasteiger partial charge is 0.341 e. The molecule has 0 saturated heterocycles. The maximum atomic E-state index is 13.5. The van der Waals surface area contributed by atoms with E-state index in [0.717, 1.165) is 40.4 Å². The summed E-state index contributed by atoms with van der Waals surface area (Å²) in [5.74, 6) is -1.10. The van der Waals surface area contributed by atoms with E-state index in [1.807, 2.05) is 0 Å². The van der Waals surface area contributed by atoms with Gasteiger partial charge in [0.25, 0.3) is 10.0 Å². The number of sulfonamides is 1. The van der Waals surface area contributed by atoms with E-state index in [4.69, 9.17) is 27.9 Å². The number of anilines is 2. The topological polar surface area (TPSA) is 92.8 Å². The van der Waals surface area contributed by atoms with Gasteiger partial charge in [-0.1, -0.05) is 41.4 Å². The van der Waals surface area contributed by atoms with Crippen molar-refractivity contribution in [2.45, 2.75) is 37.5 Å². The van der Waals surface area contributed by atoms with Gasteiger partial charge < -0.3 is 10.1 Å². The summed E-state index contributed by atoms with van der Waals surface area (Å²) < 4.78 is 33.3. The van der Waals surface area contributed by atoms with E-state index in [9.17, 15) is 18.0 Å². The van der Waals surface area contributed by atoms with Crippen LogP contribution < -0.4 is 9.62 Å². The van der Waals surface area contributed by atoms with E-state index >= 15 is 0 Å². The van der Waals surface area contributed by atoms with Crippen molar-refractivity contribution in [2.75, 3.05) is 22.8 Å². The van der Waals surface area contributed by atoms with Crippen LogP contribution in [0.5, 0.6) is 0 Å². The van der Waals surface area contributed by atoms with Crippen molar-refractivity contribution in [2.24, 2.45) is 0 Å². The Balaban J connectivity index is 1.68. The normalized spacial score (nSPS) is 13.1. The SMILES string of the molecule is CCOC(=O)c1c(NC(=O)CN(c2ccc(Cl)c(Cl)c2)S(=O)(=O)c2ccccc2)sc2c1CCCC2. The molecule has 1 aliphatic carbocycles. The first-order valence-electron chi connectivity index (χ1n) is 11.4. The van der Waals surface area contributed by atoms with Crippen molar-refractivity contribution < 1.29 is 22.7 Å². The van der Waals surface area contributed by atoms with Crippen molar-refractivity contribution in [1.82, 2.24) is 0 Å². The van der Waals surface area contributed by atoms with Gasteiger partial charge in [-0.05, 0) is 68.5 Å². The average Bonchev–Trinajstić information content (AvgIpc) is 3.22. The third kappa shape index (κ3) is 5.54. The molecule has 0 saturated carbocycles. The highest BCUT2D eigenvalue weighted by Crippen LogP contribution is 2.39. The molecule has 0 radical (unpaired) electrons. The zero-order chi connectivity index (χ0) is 25.9. The van der Waals surface area contributed by atoms with Crippen LogP contribution in [0, 0.1) is 0 Å². The molecule has 0 aliphatic heterocycles. The second-order valence-electron chi connectivity index (χ2n) is 8.11. The van der Waals surface area contributed by atoms with E-state index in [0.29, 0.717) is 10.6 Å². The van der Waals surface area contributed by atoms with Gasteiger partial charge in [0.2, 0.25) is 5.91 Å². The number of hydrogen-bond donors (Lipinski definition) is 1. The molecule has 4 rings (SSSR count). The molecule has 1 heterocycles. The number of nitrogens with one attached hydrogen (secondary N) is 1. The summed E-state index contributed by atoms with van der Waals surface area (Å²) in [6.45, 7) is 1.38. The summed E-state index contributed by atoms with van der Waals surface area (Å²) in [7, 11) is -4.13. The molecule has 190 valence electrons. The fourth-order valence-corrected chi connectivity index (χ4v) is 7.06. The Hall–Kier alpha value is -2.59. The maximum absolute atomic E-state index is 13.5. The minimum atomic E-state index is -4.13. The van der Waals surface area contributed by atoms with Crippen LogP contribution in [0.1, 0.15) is 40.6 Å². The zero-order valence-corrected chi connectivity index (χ0v) is 22.6. The van der Waals surface area contributed by atoms with E-state index in [-0.39, 0.29) is 27.2 Å². The van der Waals surface area contributed by atoms with E-state index < -0.39 is 28.4 Å². The number of carbonyl (C=O) groups excluding carboxylic acids is 2. The third-order valence-corrected chi connectivity index (χ3v) is 9.45. The van der Waals surface area contributed by atoms with Crippen LogP contribution in [0.25, 0.3) is 0 Å². The molecule has 0 spiro atoms. The summed E-state index contributed by atoms with van der Waals surface area (Å²) in [6.07, 6.45) is 3.50. The number of fused-ring (bicyclic) bond motifs is 1. The van der Waals surface area contributed by atoms with Crippen LogP contribution in [0.15, 0.2) is 53.4 Å². The number of rotatable bonds is 8. The Morgan fingerprint density at radius 3 is 2.47 bits per heavy atom. The number of esters is 1. The van der Waals surface area contributed by atoms with E-state index in [1.54, 1.807) is 25.1 Å². The molecule has 7 nitrogen and oxygen atoms in total. The molecule has 0 atom stereocenters. The number of halogens is 2. The van der Waals surface area contributed by atoms with Crippen LogP contribution in [-0.4, -0.2) is 33.4 Å². The number of ether oxygens (including phenoxy) is 1. The molecule has 3 aromatic rings. The van der Waals surface area contributed by atoms with Crippen molar-refractivity contribution in [3.05, 3.63) is 74.6 Å². The lowest BCUT2D eigenvalue weighted by Crippen LogP contribution is -2.38. The fourth-order valence-electron chi connectivity index (χ4n) is 4.04. The quantitative estimate of drug-likeness (QED) is 0.340. The summed E-state index contributed by atoms with van der Waals surface area (Å²) in [5, 5.41) is 3.55. The molecule has 36 heavy (non-hydrogen) atoms. The van der Waals surface area contributed by atoms with Gasteiger partial charge in [0.05, 0.1) is 32.8 Å². The van der Waals surface area contributed by atoms with Crippen LogP contribution >= 0.6 is 34.5 Å². The minimum absolute atomic E-state index is 0.0164. The molecular weight excluding hydrogens is 543 g/mol. The van der Waals surface area contributed by atoms with Gasteiger partial charge in [0, 0.05) is 4.88 Å². The molecule has 2 aromatic carbocycles. The lowest BCUT2D eigenvalue weighted by molar-refractivity contribution is -0.114. The maximum Gasteiger partial charge on any atom is 0.341 e. The van der Waals surface area contributed by atoms with Gasteiger partial charge in [0.1, 0.15) is 11.5 Å². The second-order valence-corrected chi connectivity index (χ2v) is 11.9. The molecule has 0 bridgehead atoms. The van der Waals surface area contributed by atoms with Crippen LogP contribution in [-0.2, 0) is 32.4 Å². The number of nitrogens with zero attached hydrogens (tertiary/aromatic N) is 1. The minimum Gasteiger partial charge on any atom is -0.462 e. The molecule has 1 aliphatic rings. The van der Waals surface area contributed by atoms with Gasteiger partial charge in [-0.15, -0.1) is 11.3 Å². The first kappa shape index (κ1) is 26.5. The highest BCUT2D eigenvalue weighted by Gasteiger charge is 2.30. The van der Waals surface area contributed by atoms with Gasteiger partial charge >= 0.3 is 5.97 Å². The number of aryl methyl sites for hydroxylation is 1. The van der Waals surface area contributed by atoms with Gasteiger partial charge in [-0.2, -0.15) is 0 Å². The lowest BCUT2D eigenvalue weighted by Gasteiger charge is -2.24. The van der Waals surface area contributed by atoms with Crippen molar-refractivity contribution in [1.29, 1.82) is 0 Å². The monoisotopic (exact) mass is 566 g/mol. The summed E-state index contributed by atoms with van der Waals surface area (Å²) in [4.78, 5) is 27.0. The van der Waals surface area contributed by atoms with Crippen LogP contribution in [0.3, 0.4) is 0 Å². The van der Waals surface area contributed by atoms with Gasteiger partial charge in [-0.3, -0.25) is 9.10 Å². The van der Waals surface area contributed by atoms with Crippen molar-refractivity contribution >= 4 is 67.1 Å². The highest BCUT2D eigenvalue weighted by atomic mass is 35.5. The Kier molecular flexibility index (Phi) is 8.24. The fraction of sp³-hybridized carbons (Fsp3) is 0.280. The predicted molar refractivity (Wildman–Crippen MR) is 143 cm³/mol. The first-order chi connectivity index (χ1) is 17.2. The average molecular weight is 568 g/mol. The number of carbonyl (C=O) groups is 2. The molecule has 1 N–H and O–H groups in total. The van der Waals surface area contributed by atoms with E-state index in [2.05, 4.69) is 5.32 Å². The molecule has 0 fully saturated rings. The summed E-state index contributed by atoms with van der Waals surface area (Å²) in [6, 6.07) is 12.1. The van der Waals surface area contributed by atoms with Crippen LogP contribution in [0.2, 0.25) is 10.0 Å². The Morgan fingerprint density at radius 1 is 1.06 bits per heavy atom. The lowest BCUT2D eigenvalue weighted by atomic mass is 9.95. The molecule has 1 aromatic heterocycles. The predicted octanol–water partition coefficient (Wildman–Crippen LogP) is 5.94. The Labute approximate surface area is 224 Å². The van der Waals surface area contributed by atoms with E-state index in [1.165, 1.54) is 41.7 Å². The first-order valence-corrected chi connectivity index (χ1v) is 14.4. The number of thiophene rings is 1. The highest BCUT2D eigenvalue weighted by molar-refractivity contribution is 7.92. The second kappa shape index (κ2) is 11.2. The third-order valence-electron chi connectivity index (χ3n) is 5.71. The molecule has 11 heteroatoms. The number of hydrogen-bond acceptors (Lipinski definition) is 6. The zero-order valence-electron chi connectivity index (χ0n) is 19.4. The Bertz CT molecular complexity index is 1390. The standard InChI is InChI=1S/C25H24Cl2N2O5S2/c1-2-34-25(31)23-18-10-6-7-11-21(18)35-24(23)28-22(30)15-29(16-12-13-19(26)20(27)14-16)36(32,33)17-8-4-3-5-9-17/h3-5,8-9,12-14H,2,6-7,10-11,15H2,1H3,(H,28,30). The summed E-state index contributed by atoms with van der Waals surface area (Å²) >= 11 is 13.5. The molecule has 1 amide bonds. The number of benzene rings is 2. The van der Waals surface area contributed by atoms with Crippen molar-refractivity contribution in [3.8, 4) is 0 Å². The van der Waals surface area contributed by atoms with Gasteiger partial charge in [0.15, 0.2) is 0 Å². The van der Waals surface area contributed by atoms with Crippen LogP contribution in [0.4, 0.5) is 10.7 Å². The summed E-state index contributed by atoms with van der Waals surface area (Å²) in [5.41, 5.74) is 1.44. The Morgan fingerprint density at radius 2 is 1.78 bits per heavy atom.